The Morgan fingerprint density at radius 3 is 2.50 bits per heavy atom. The van der Waals surface area contributed by atoms with Crippen LogP contribution in [0.2, 0.25) is 0 Å². The lowest BCUT2D eigenvalue weighted by atomic mass is 9.92. The monoisotopic (exact) mass is 437 g/mol. The molecule has 1 aromatic heterocycles. The first-order valence-electron chi connectivity index (χ1n) is 10.7. The Balaban J connectivity index is 1.89. The molecule has 1 aliphatic rings. The van der Waals surface area contributed by atoms with Crippen LogP contribution in [0.15, 0.2) is 51.7 Å². The summed E-state index contributed by atoms with van der Waals surface area (Å²) in [7, 11) is 0. The topological polar surface area (TPSA) is 112 Å². The van der Waals surface area contributed by atoms with Gasteiger partial charge in [0.1, 0.15) is 11.4 Å². The standard InChI is InChI=1S/C25H27NO6/c1-14(23(26)27)31-20-12-16(10-11-19(20)30-13-15-8-9-15)21-17-6-4-5-7-18(17)24(28)32-22(21)25(2,3)29/h4-7,10-12,14-15,29H,8-9,13H2,1-3H3,(H2,26,27). The third-order valence-electron chi connectivity index (χ3n) is 5.50. The zero-order chi connectivity index (χ0) is 23.0. The summed E-state index contributed by atoms with van der Waals surface area (Å²) in [5.41, 5.74) is 4.67. The minimum Gasteiger partial charge on any atom is -0.489 e. The van der Waals surface area contributed by atoms with Crippen molar-refractivity contribution in [1.29, 1.82) is 0 Å². The second kappa shape index (κ2) is 8.31. The number of rotatable bonds is 8. The van der Waals surface area contributed by atoms with Gasteiger partial charge < -0.3 is 24.7 Å². The number of fused-ring (bicyclic) bond motifs is 1. The molecule has 3 aromatic rings. The lowest BCUT2D eigenvalue weighted by Gasteiger charge is -2.22. The molecule has 1 amide bonds. The highest BCUT2D eigenvalue weighted by Crippen LogP contribution is 2.41. The van der Waals surface area contributed by atoms with Gasteiger partial charge in [0.2, 0.25) is 0 Å². The van der Waals surface area contributed by atoms with Gasteiger partial charge in [-0.15, -0.1) is 0 Å². The van der Waals surface area contributed by atoms with Gasteiger partial charge in [0.25, 0.3) is 5.91 Å². The number of benzene rings is 2. The summed E-state index contributed by atoms with van der Waals surface area (Å²) < 4.78 is 17.3. The Morgan fingerprint density at radius 1 is 1.19 bits per heavy atom. The first-order chi connectivity index (χ1) is 15.1. The van der Waals surface area contributed by atoms with E-state index < -0.39 is 23.2 Å². The van der Waals surface area contributed by atoms with E-state index in [2.05, 4.69) is 0 Å². The van der Waals surface area contributed by atoms with Gasteiger partial charge in [-0.25, -0.2) is 4.79 Å². The number of primary amides is 1. The predicted molar refractivity (Wildman–Crippen MR) is 121 cm³/mol. The van der Waals surface area contributed by atoms with E-state index in [1.807, 2.05) is 12.1 Å². The highest BCUT2D eigenvalue weighted by molar-refractivity contribution is 5.97. The van der Waals surface area contributed by atoms with Crippen LogP contribution in [-0.2, 0) is 10.4 Å². The average molecular weight is 437 g/mol. The fraction of sp³-hybridized carbons (Fsp3) is 0.360. The van der Waals surface area contributed by atoms with Gasteiger partial charge in [0, 0.05) is 10.9 Å². The molecule has 3 N–H and O–H groups in total. The molecule has 1 heterocycles. The van der Waals surface area contributed by atoms with Gasteiger partial charge in [-0.1, -0.05) is 24.3 Å². The van der Waals surface area contributed by atoms with Crippen LogP contribution in [0, 0.1) is 5.92 Å². The van der Waals surface area contributed by atoms with Crippen molar-refractivity contribution in [2.75, 3.05) is 6.61 Å². The molecule has 7 nitrogen and oxygen atoms in total. The Kier molecular flexibility index (Phi) is 5.69. The van der Waals surface area contributed by atoms with Gasteiger partial charge in [-0.05, 0) is 63.3 Å². The highest BCUT2D eigenvalue weighted by atomic mass is 16.5. The fourth-order valence-electron chi connectivity index (χ4n) is 3.53. The number of nitrogens with two attached hydrogens (primary N) is 1. The molecule has 7 heteroatoms. The van der Waals surface area contributed by atoms with Gasteiger partial charge in [-0.2, -0.15) is 0 Å². The van der Waals surface area contributed by atoms with Crippen molar-refractivity contribution in [3.05, 3.63) is 58.6 Å². The molecule has 1 atom stereocenters. The molecule has 2 aromatic carbocycles. The largest absolute Gasteiger partial charge is 0.489 e. The highest BCUT2D eigenvalue weighted by Gasteiger charge is 2.28. The molecule has 0 aliphatic heterocycles. The molecule has 0 saturated heterocycles. The van der Waals surface area contributed by atoms with E-state index in [1.165, 1.54) is 0 Å². The van der Waals surface area contributed by atoms with Crippen LogP contribution in [0.5, 0.6) is 11.5 Å². The van der Waals surface area contributed by atoms with Gasteiger partial charge in [-0.3, -0.25) is 4.79 Å². The van der Waals surface area contributed by atoms with Crippen molar-refractivity contribution in [1.82, 2.24) is 0 Å². The summed E-state index contributed by atoms with van der Waals surface area (Å²) in [5.74, 6) is 0.926. The maximum absolute atomic E-state index is 12.6. The summed E-state index contributed by atoms with van der Waals surface area (Å²) in [6, 6.07) is 12.4. The summed E-state index contributed by atoms with van der Waals surface area (Å²) >= 11 is 0. The zero-order valence-corrected chi connectivity index (χ0v) is 18.4. The van der Waals surface area contributed by atoms with Gasteiger partial charge in [0.05, 0.1) is 12.0 Å². The molecule has 0 bridgehead atoms. The second-order valence-electron chi connectivity index (χ2n) is 8.78. The normalized spacial score (nSPS) is 14.9. The molecular weight excluding hydrogens is 410 g/mol. The van der Waals surface area contributed by atoms with E-state index in [4.69, 9.17) is 19.6 Å². The third-order valence-corrected chi connectivity index (χ3v) is 5.50. The zero-order valence-electron chi connectivity index (χ0n) is 18.4. The number of carbonyl (C=O) groups is 1. The second-order valence-corrected chi connectivity index (χ2v) is 8.78. The molecule has 1 unspecified atom stereocenters. The first kappa shape index (κ1) is 21.9. The lowest BCUT2D eigenvalue weighted by molar-refractivity contribution is -0.124. The van der Waals surface area contributed by atoms with Crippen molar-refractivity contribution in [2.45, 2.75) is 45.3 Å². The van der Waals surface area contributed by atoms with Crippen molar-refractivity contribution < 1.29 is 23.8 Å². The molecule has 4 rings (SSSR count). The van der Waals surface area contributed by atoms with E-state index in [0.717, 1.165) is 12.8 Å². The minimum atomic E-state index is -1.42. The van der Waals surface area contributed by atoms with Crippen molar-refractivity contribution in [3.63, 3.8) is 0 Å². The third kappa shape index (κ3) is 4.48. The van der Waals surface area contributed by atoms with Crippen molar-refractivity contribution in [2.24, 2.45) is 11.7 Å². The van der Waals surface area contributed by atoms with E-state index in [9.17, 15) is 14.7 Å². The Bertz CT molecular complexity index is 1220. The SMILES string of the molecule is CC(Oc1cc(-c2c(C(C)(C)O)oc(=O)c3ccccc23)ccc1OCC1CC1)C(N)=O. The number of amides is 1. The van der Waals surface area contributed by atoms with Gasteiger partial charge in [0.15, 0.2) is 17.6 Å². The minimum absolute atomic E-state index is 0.141. The van der Waals surface area contributed by atoms with Crippen molar-refractivity contribution in [3.8, 4) is 22.6 Å². The summed E-state index contributed by atoms with van der Waals surface area (Å²) in [5, 5.41) is 11.8. The first-order valence-corrected chi connectivity index (χ1v) is 10.7. The van der Waals surface area contributed by atoms with E-state index >= 15 is 0 Å². The van der Waals surface area contributed by atoms with Crippen LogP contribution < -0.4 is 20.8 Å². The number of hydrogen-bond acceptors (Lipinski definition) is 6. The van der Waals surface area contributed by atoms with Crippen LogP contribution in [0.4, 0.5) is 0 Å². The van der Waals surface area contributed by atoms with E-state index in [-0.39, 0.29) is 5.76 Å². The Morgan fingerprint density at radius 2 is 1.88 bits per heavy atom. The van der Waals surface area contributed by atoms with E-state index in [0.29, 0.717) is 45.9 Å². The average Bonchev–Trinajstić information content (AvgIpc) is 3.56. The number of carbonyl (C=O) groups excluding carboxylic acids is 1. The van der Waals surface area contributed by atoms with Crippen LogP contribution >= 0.6 is 0 Å². The number of aliphatic hydroxyl groups is 1. The summed E-state index contributed by atoms with van der Waals surface area (Å²) in [6.07, 6.45) is 1.40. The van der Waals surface area contributed by atoms with Crippen LogP contribution in [0.1, 0.15) is 39.4 Å². The quantitative estimate of drug-likeness (QED) is 0.555. The van der Waals surface area contributed by atoms with Gasteiger partial charge >= 0.3 is 5.63 Å². The van der Waals surface area contributed by atoms with Crippen LogP contribution in [0.3, 0.4) is 0 Å². The predicted octanol–water partition coefficient (Wildman–Crippen LogP) is 3.73. The molecule has 0 radical (unpaired) electrons. The smallest absolute Gasteiger partial charge is 0.343 e. The molecule has 1 fully saturated rings. The summed E-state index contributed by atoms with van der Waals surface area (Å²) in [6.45, 7) is 5.25. The number of ether oxygens (including phenoxy) is 2. The Hall–Kier alpha value is -3.32. The Labute approximate surface area is 185 Å². The molecule has 32 heavy (non-hydrogen) atoms. The van der Waals surface area contributed by atoms with Crippen LogP contribution in [-0.4, -0.2) is 23.7 Å². The molecule has 1 aliphatic carbocycles. The molecule has 0 spiro atoms. The number of hydrogen-bond donors (Lipinski definition) is 2. The molecular formula is C25H27NO6. The maximum atomic E-state index is 12.6. The molecule has 168 valence electrons. The lowest BCUT2D eigenvalue weighted by Crippen LogP contribution is -2.30. The fourth-order valence-corrected chi connectivity index (χ4v) is 3.53. The van der Waals surface area contributed by atoms with E-state index in [1.54, 1.807) is 51.1 Å². The molecule has 1 saturated carbocycles. The van der Waals surface area contributed by atoms with Crippen LogP contribution in [0.25, 0.3) is 21.9 Å². The summed E-state index contributed by atoms with van der Waals surface area (Å²) in [4.78, 5) is 24.2. The van der Waals surface area contributed by atoms with Crippen molar-refractivity contribution >= 4 is 16.7 Å². The maximum Gasteiger partial charge on any atom is 0.343 e.